The number of aryl methyl sites for hydroxylation is 2. The van der Waals surface area contributed by atoms with E-state index >= 15 is 0 Å². The Morgan fingerprint density at radius 1 is 1.11 bits per heavy atom. The van der Waals surface area contributed by atoms with Gasteiger partial charge in [-0.2, -0.15) is 5.10 Å². The fraction of sp³-hybridized carbons (Fsp3) is 0.333. The number of aromatic nitrogens is 3. The van der Waals surface area contributed by atoms with Crippen molar-refractivity contribution in [3.8, 4) is 0 Å². The second-order valence-corrected chi connectivity index (χ2v) is 7.63. The fourth-order valence-corrected chi connectivity index (χ4v) is 2.87. The van der Waals surface area contributed by atoms with Crippen LogP contribution < -0.4 is 0 Å². The van der Waals surface area contributed by atoms with E-state index in [1.807, 2.05) is 19.1 Å². The van der Waals surface area contributed by atoms with Crippen molar-refractivity contribution < 1.29 is 14.3 Å². The molecule has 0 aliphatic heterocycles. The maximum atomic E-state index is 12.3. The van der Waals surface area contributed by atoms with Crippen molar-refractivity contribution in [2.24, 2.45) is 7.05 Å². The van der Waals surface area contributed by atoms with E-state index in [1.54, 1.807) is 29.9 Å². The lowest BCUT2D eigenvalue weighted by Gasteiger charge is -2.18. The molecule has 3 rings (SSSR count). The van der Waals surface area contributed by atoms with Crippen LogP contribution in [0, 0.1) is 6.92 Å². The molecular weight excluding hydrogens is 342 g/mol. The average Bonchev–Trinajstić information content (AvgIpc) is 2.92. The van der Waals surface area contributed by atoms with Crippen molar-refractivity contribution in [2.75, 3.05) is 6.61 Å². The summed E-state index contributed by atoms with van der Waals surface area (Å²) in [7, 11) is 1.80. The third-order valence-corrected chi connectivity index (χ3v) is 4.51. The summed E-state index contributed by atoms with van der Waals surface area (Å²) in [5, 5.41) is 5.06. The summed E-state index contributed by atoms with van der Waals surface area (Å²) >= 11 is 0. The summed E-state index contributed by atoms with van der Waals surface area (Å²) < 4.78 is 6.84. The number of rotatable bonds is 4. The number of esters is 1. The van der Waals surface area contributed by atoms with Crippen LogP contribution in [0.5, 0.6) is 0 Å². The van der Waals surface area contributed by atoms with E-state index in [-0.39, 0.29) is 17.8 Å². The molecule has 6 nitrogen and oxygen atoms in total. The summed E-state index contributed by atoms with van der Waals surface area (Å²) in [6.45, 7) is 7.88. The lowest BCUT2D eigenvalue weighted by Crippen LogP contribution is -2.15. The second-order valence-electron chi connectivity index (χ2n) is 7.63. The molecule has 0 amide bonds. The van der Waals surface area contributed by atoms with E-state index in [2.05, 4.69) is 30.9 Å². The highest BCUT2D eigenvalue weighted by molar-refractivity contribution is 6.00. The molecule has 27 heavy (non-hydrogen) atoms. The van der Waals surface area contributed by atoms with E-state index in [1.165, 1.54) is 6.20 Å². The summed E-state index contributed by atoms with van der Waals surface area (Å²) in [6.07, 6.45) is 1.44. The number of nitrogens with zero attached hydrogens (tertiary/aromatic N) is 3. The number of fused-ring (bicyclic) bond motifs is 1. The molecule has 140 valence electrons. The molecule has 0 spiro atoms. The molecule has 0 fully saturated rings. The Hall–Kier alpha value is -3.02. The van der Waals surface area contributed by atoms with Gasteiger partial charge in [0.05, 0.1) is 11.3 Å². The maximum Gasteiger partial charge on any atom is 0.340 e. The zero-order chi connectivity index (χ0) is 19.8. The van der Waals surface area contributed by atoms with Crippen LogP contribution in [0.25, 0.3) is 11.0 Å². The van der Waals surface area contributed by atoms with Gasteiger partial charge in [-0.05, 0) is 24.0 Å². The highest BCUT2D eigenvalue weighted by atomic mass is 16.5. The van der Waals surface area contributed by atoms with Crippen molar-refractivity contribution in [3.63, 3.8) is 0 Å². The van der Waals surface area contributed by atoms with Gasteiger partial charge in [0.2, 0.25) is 0 Å². The van der Waals surface area contributed by atoms with Crippen LogP contribution in [0.3, 0.4) is 0 Å². The standard InChI is InChI=1S/C21H23N3O3/c1-13-17-10-15(11-22-19(17)24(5)23-13)20(26)27-12-18(25)14-6-8-16(9-7-14)21(2,3)4/h6-11H,12H2,1-5H3. The van der Waals surface area contributed by atoms with Crippen LogP contribution in [-0.4, -0.2) is 33.1 Å². The van der Waals surface area contributed by atoms with Crippen molar-refractivity contribution >= 4 is 22.8 Å². The first-order valence-corrected chi connectivity index (χ1v) is 8.77. The molecule has 0 atom stereocenters. The zero-order valence-corrected chi connectivity index (χ0v) is 16.2. The lowest BCUT2D eigenvalue weighted by atomic mass is 9.86. The van der Waals surface area contributed by atoms with E-state index < -0.39 is 5.97 Å². The monoisotopic (exact) mass is 365 g/mol. The van der Waals surface area contributed by atoms with Gasteiger partial charge in [-0.3, -0.25) is 9.48 Å². The molecule has 0 aliphatic carbocycles. The Labute approximate surface area is 158 Å². The molecule has 3 aromatic rings. The van der Waals surface area contributed by atoms with Crippen LogP contribution in [0.15, 0.2) is 36.5 Å². The molecule has 6 heteroatoms. The van der Waals surface area contributed by atoms with Gasteiger partial charge in [0.15, 0.2) is 18.0 Å². The first-order valence-electron chi connectivity index (χ1n) is 8.77. The first kappa shape index (κ1) is 18.8. The van der Waals surface area contributed by atoms with Crippen molar-refractivity contribution in [3.05, 3.63) is 58.9 Å². The predicted molar refractivity (Wildman–Crippen MR) is 103 cm³/mol. The number of hydrogen-bond donors (Lipinski definition) is 0. The SMILES string of the molecule is Cc1nn(C)c2ncc(C(=O)OCC(=O)c3ccc(C(C)(C)C)cc3)cc12. The van der Waals surface area contributed by atoms with Gasteiger partial charge in [-0.1, -0.05) is 45.0 Å². The van der Waals surface area contributed by atoms with E-state index in [0.29, 0.717) is 16.8 Å². The largest absolute Gasteiger partial charge is 0.454 e. The van der Waals surface area contributed by atoms with Gasteiger partial charge >= 0.3 is 5.97 Å². The molecule has 1 aromatic carbocycles. The minimum Gasteiger partial charge on any atom is -0.454 e. The average molecular weight is 365 g/mol. The Balaban J connectivity index is 1.68. The molecule has 0 saturated carbocycles. The van der Waals surface area contributed by atoms with Gasteiger partial charge in [0, 0.05) is 24.2 Å². The third kappa shape index (κ3) is 3.89. The van der Waals surface area contributed by atoms with E-state index in [0.717, 1.165) is 16.6 Å². The number of ketones is 1. The van der Waals surface area contributed by atoms with Crippen LogP contribution in [0.1, 0.15) is 52.7 Å². The maximum absolute atomic E-state index is 12.3. The Bertz CT molecular complexity index is 1010. The molecule has 0 radical (unpaired) electrons. The van der Waals surface area contributed by atoms with Gasteiger partial charge in [0.25, 0.3) is 0 Å². The zero-order valence-electron chi connectivity index (χ0n) is 16.2. The highest BCUT2D eigenvalue weighted by Crippen LogP contribution is 2.22. The van der Waals surface area contributed by atoms with Gasteiger partial charge in [-0.25, -0.2) is 9.78 Å². The smallest absolute Gasteiger partial charge is 0.340 e. The Morgan fingerprint density at radius 3 is 2.41 bits per heavy atom. The topological polar surface area (TPSA) is 74.1 Å². The number of Topliss-reactive ketones (excluding diaryl/α,β-unsaturated/α-hetero) is 1. The molecular formula is C21H23N3O3. The quantitative estimate of drug-likeness (QED) is 0.521. The molecule has 0 saturated heterocycles. The van der Waals surface area contributed by atoms with Gasteiger partial charge in [0.1, 0.15) is 0 Å². The summed E-state index contributed by atoms with van der Waals surface area (Å²) in [5.41, 5.74) is 3.46. The summed E-state index contributed by atoms with van der Waals surface area (Å²) in [5.74, 6) is -0.817. The fourth-order valence-electron chi connectivity index (χ4n) is 2.87. The molecule has 0 N–H and O–H groups in total. The predicted octanol–water partition coefficient (Wildman–Crippen LogP) is 3.61. The number of pyridine rings is 1. The molecule has 0 aliphatic rings. The number of benzene rings is 1. The number of hydrogen-bond acceptors (Lipinski definition) is 5. The third-order valence-electron chi connectivity index (χ3n) is 4.51. The Morgan fingerprint density at radius 2 is 1.78 bits per heavy atom. The highest BCUT2D eigenvalue weighted by Gasteiger charge is 2.17. The lowest BCUT2D eigenvalue weighted by molar-refractivity contribution is 0.0474. The van der Waals surface area contributed by atoms with Crippen LogP contribution >= 0.6 is 0 Å². The molecule has 2 heterocycles. The van der Waals surface area contributed by atoms with E-state index in [9.17, 15) is 9.59 Å². The van der Waals surface area contributed by atoms with Crippen LogP contribution in [0.4, 0.5) is 0 Å². The summed E-state index contributed by atoms with van der Waals surface area (Å²) in [6, 6.07) is 9.08. The van der Waals surface area contributed by atoms with Gasteiger partial charge < -0.3 is 4.74 Å². The molecule has 0 unspecified atom stereocenters. The van der Waals surface area contributed by atoms with Crippen molar-refractivity contribution in [1.82, 2.24) is 14.8 Å². The normalized spacial score (nSPS) is 11.6. The molecule has 2 aromatic heterocycles. The number of carbonyl (C=O) groups excluding carboxylic acids is 2. The number of carbonyl (C=O) groups is 2. The minimum absolute atomic E-state index is 0.0180. The second kappa shape index (κ2) is 6.95. The van der Waals surface area contributed by atoms with Crippen LogP contribution in [-0.2, 0) is 17.2 Å². The van der Waals surface area contributed by atoms with E-state index in [4.69, 9.17) is 4.74 Å². The van der Waals surface area contributed by atoms with Gasteiger partial charge in [-0.15, -0.1) is 0 Å². The number of ether oxygens (including phenoxy) is 1. The Kier molecular flexibility index (Phi) is 4.83. The first-order chi connectivity index (χ1) is 12.7. The molecule has 0 bridgehead atoms. The van der Waals surface area contributed by atoms with Crippen LogP contribution in [0.2, 0.25) is 0 Å². The van der Waals surface area contributed by atoms with Crippen molar-refractivity contribution in [1.29, 1.82) is 0 Å². The minimum atomic E-state index is -0.577. The summed E-state index contributed by atoms with van der Waals surface area (Å²) in [4.78, 5) is 28.8. The van der Waals surface area contributed by atoms with Crippen molar-refractivity contribution in [2.45, 2.75) is 33.1 Å².